The second-order valence-electron chi connectivity index (χ2n) is 5.10. The van der Waals surface area contributed by atoms with Gasteiger partial charge in [-0.3, -0.25) is 0 Å². The Kier molecular flexibility index (Phi) is 3.08. The highest BCUT2D eigenvalue weighted by molar-refractivity contribution is 7.88. The van der Waals surface area contributed by atoms with Crippen LogP contribution in [0.2, 0.25) is 5.02 Å². The van der Waals surface area contributed by atoms with E-state index in [1.54, 1.807) is 0 Å². The van der Waals surface area contributed by atoms with Crippen LogP contribution < -0.4 is 4.72 Å². The first-order valence-electron chi connectivity index (χ1n) is 6.19. The maximum Gasteiger partial charge on any atom is 0.208 e. The van der Waals surface area contributed by atoms with Gasteiger partial charge < -0.3 is 4.98 Å². The van der Waals surface area contributed by atoms with Gasteiger partial charge in [0.15, 0.2) is 0 Å². The molecule has 1 heterocycles. The molecule has 2 aromatic rings. The van der Waals surface area contributed by atoms with Gasteiger partial charge in [0.2, 0.25) is 10.0 Å². The van der Waals surface area contributed by atoms with Gasteiger partial charge in [-0.15, -0.1) is 0 Å². The number of halogens is 1. The number of fused-ring (bicyclic) bond motifs is 3. The van der Waals surface area contributed by atoms with Gasteiger partial charge in [-0.05, 0) is 43.0 Å². The third kappa shape index (κ3) is 2.63. The molecule has 2 N–H and O–H groups in total. The molecule has 4 nitrogen and oxygen atoms in total. The van der Waals surface area contributed by atoms with Crippen LogP contribution in [0.1, 0.15) is 17.7 Å². The number of hydrogen-bond acceptors (Lipinski definition) is 2. The van der Waals surface area contributed by atoms with Crippen LogP contribution in [0.5, 0.6) is 0 Å². The van der Waals surface area contributed by atoms with Gasteiger partial charge in [-0.1, -0.05) is 11.6 Å². The van der Waals surface area contributed by atoms with E-state index in [4.69, 9.17) is 11.6 Å². The number of benzene rings is 1. The summed E-state index contributed by atoms with van der Waals surface area (Å²) in [5.74, 6) is 0. The van der Waals surface area contributed by atoms with Crippen LogP contribution in [0.4, 0.5) is 0 Å². The molecule has 1 unspecified atom stereocenters. The molecule has 1 aliphatic carbocycles. The van der Waals surface area contributed by atoms with E-state index in [0.29, 0.717) is 11.4 Å². The standard InChI is InChI=1S/C13H15ClN2O2S/c1-19(17,18)16-9-3-5-13-11(7-9)10-6-8(14)2-4-12(10)15-13/h2,4,6,9,15-16H,3,5,7H2,1H3. The molecule has 0 spiro atoms. The van der Waals surface area contributed by atoms with E-state index in [1.165, 1.54) is 17.5 Å². The Hall–Kier alpha value is -1.04. The predicted molar refractivity (Wildman–Crippen MR) is 77.1 cm³/mol. The van der Waals surface area contributed by atoms with Crippen molar-refractivity contribution in [2.45, 2.75) is 25.3 Å². The number of nitrogens with one attached hydrogen (secondary N) is 2. The minimum Gasteiger partial charge on any atom is -0.358 e. The van der Waals surface area contributed by atoms with Gasteiger partial charge in [0.25, 0.3) is 0 Å². The zero-order chi connectivity index (χ0) is 13.6. The molecule has 0 bridgehead atoms. The third-order valence-electron chi connectivity index (χ3n) is 3.53. The zero-order valence-electron chi connectivity index (χ0n) is 10.5. The highest BCUT2D eigenvalue weighted by Crippen LogP contribution is 2.31. The number of H-pyrrole nitrogens is 1. The second-order valence-corrected chi connectivity index (χ2v) is 7.32. The molecule has 3 rings (SSSR count). The predicted octanol–water partition coefficient (Wildman–Crippen LogP) is 2.23. The molecule has 1 atom stereocenters. The van der Waals surface area contributed by atoms with Crippen LogP contribution in [-0.4, -0.2) is 25.7 Å². The maximum atomic E-state index is 11.3. The lowest BCUT2D eigenvalue weighted by Gasteiger charge is -2.22. The molecule has 1 aromatic carbocycles. The van der Waals surface area contributed by atoms with E-state index in [-0.39, 0.29) is 6.04 Å². The zero-order valence-corrected chi connectivity index (χ0v) is 12.1. The maximum absolute atomic E-state index is 11.3. The largest absolute Gasteiger partial charge is 0.358 e. The van der Waals surface area contributed by atoms with E-state index in [0.717, 1.165) is 23.7 Å². The number of aryl methyl sites for hydroxylation is 1. The lowest BCUT2D eigenvalue weighted by atomic mass is 9.92. The first-order chi connectivity index (χ1) is 8.92. The summed E-state index contributed by atoms with van der Waals surface area (Å²) in [7, 11) is -3.16. The minimum atomic E-state index is -3.16. The van der Waals surface area contributed by atoms with Crippen molar-refractivity contribution in [3.63, 3.8) is 0 Å². The van der Waals surface area contributed by atoms with E-state index >= 15 is 0 Å². The summed E-state index contributed by atoms with van der Waals surface area (Å²) < 4.78 is 25.3. The monoisotopic (exact) mass is 298 g/mol. The smallest absolute Gasteiger partial charge is 0.208 e. The van der Waals surface area contributed by atoms with Crippen molar-refractivity contribution in [3.05, 3.63) is 34.5 Å². The fourth-order valence-corrected chi connectivity index (χ4v) is 3.77. The number of hydrogen-bond donors (Lipinski definition) is 2. The highest BCUT2D eigenvalue weighted by Gasteiger charge is 2.24. The summed E-state index contributed by atoms with van der Waals surface area (Å²) in [6, 6.07) is 5.74. The van der Waals surface area contributed by atoms with Crippen LogP contribution in [0.15, 0.2) is 18.2 Å². The van der Waals surface area contributed by atoms with Gasteiger partial charge in [-0.2, -0.15) is 0 Å². The summed E-state index contributed by atoms with van der Waals surface area (Å²) in [5, 5.41) is 1.80. The van der Waals surface area contributed by atoms with E-state index < -0.39 is 10.0 Å². The topological polar surface area (TPSA) is 62.0 Å². The second kappa shape index (κ2) is 4.51. The Labute approximate surface area is 117 Å². The van der Waals surface area contributed by atoms with Crippen LogP contribution in [-0.2, 0) is 22.9 Å². The van der Waals surface area contributed by atoms with Gasteiger partial charge in [0.1, 0.15) is 0 Å². The number of rotatable bonds is 2. The Bertz CT molecular complexity index is 736. The molecular weight excluding hydrogens is 284 g/mol. The van der Waals surface area contributed by atoms with Crippen LogP contribution in [0.3, 0.4) is 0 Å². The van der Waals surface area contributed by atoms with Gasteiger partial charge in [-0.25, -0.2) is 13.1 Å². The van der Waals surface area contributed by atoms with Crippen molar-refractivity contribution < 1.29 is 8.42 Å². The Morgan fingerprint density at radius 3 is 2.95 bits per heavy atom. The molecule has 0 radical (unpaired) electrons. The Morgan fingerprint density at radius 1 is 1.42 bits per heavy atom. The lowest BCUT2D eigenvalue weighted by Crippen LogP contribution is -2.38. The van der Waals surface area contributed by atoms with Crippen molar-refractivity contribution in [1.82, 2.24) is 9.71 Å². The summed E-state index contributed by atoms with van der Waals surface area (Å²) in [4.78, 5) is 3.39. The van der Waals surface area contributed by atoms with Crippen LogP contribution >= 0.6 is 11.6 Å². The number of sulfonamides is 1. The van der Waals surface area contributed by atoms with E-state index in [2.05, 4.69) is 9.71 Å². The fourth-order valence-electron chi connectivity index (χ4n) is 2.79. The molecule has 1 aliphatic rings. The summed E-state index contributed by atoms with van der Waals surface area (Å²) in [6.07, 6.45) is 3.59. The SMILES string of the molecule is CS(=O)(=O)NC1CCc2[nH]c3ccc(Cl)cc3c2C1. The normalized spacial score (nSPS) is 19.6. The van der Waals surface area contributed by atoms with Crippen LogP contribution in [0.25, 0.3) is 10.9 Å². The number of aromatic nitrogens is 1. The molecule has 1 aromatic heterocycles. The molecule has 19 heavy (non-hydrogen) atoms. The average molecular weight is 299 g/mol. The van der Waals surface area contributed by atoms with Gasteiger partial charge >= 0.3 is 0 Å². The van der Waals surface area contributed by atoms with E-state index in [1.807, 2.05) is 18.2 Å². The third-order valence-corrected chi connectivity index (χ3v) is 4.53. The molecule has 6 heteroatoms. The molecule has 0 amide bonds. The molecule has 0 aliphatic heterocycles. The fraction of sp³-hybridized carbons (Fsp3) is 0.385. The quantitative estimate of drug-likeness (QED) is 0.893. The summed E-state index contributed by atoms with van der Waals surface area (Å²) >= 11 is 6.04. The Morgan fingerprint density at radius 2 is 2.21 bits per heavy atom. The van der Waals surface area contributed by atoms with Crippen molar-refractivity contribution in [2.75, 3.05) is 6.26 Å². The number of aromatic amines is 1. The molecule has 0 saturated heterocycles. The van der Waals surface area contributed by atoms with Gasteiger partial charge in [0.05, 0.1) is 6.26 Å². The Balaban J connectivity index is 1.99. The minimum absolute atomic E-state index is 0.0273. The highest BCUT2D eigenvalue weighted by atomic mass is 35.5. The lowest BCUT2D eigenvalue weighted by molar-refractivity contribution is 0.509. The molecule has 102 valence electrons. The first kappa shape index (κ1) is 13.0. The molecule has 0 saturated carbocycles. The van der Waals surface area contributed by atoms with Crippen LogP contribution in [0, 0.1) is 0 Å². The summed E-state index contributed by atoms with van der Waals surface area (Å²) in [5.41, 5.74) is 3.45. The first-order valence-corrected chi connectivity index (χ1v) is 8.45. The van der Waals surface area contributed by atoms with Crippen molar-refractivity contribution in [3.8, 4) is 0 Å². The molecule has 0 fully saturated rings. The van der Waals surface area contributed by atoms with Gasteiger partial charge in [0, 0.05) is 27.7 Å². The van der Waals surface area contributed by atoms with Crippen molar-refractivity contribution in [1.29, 1.82) is 0 Å². The van der Waals surface area contributed by atoms with E-state index in [9.17, 15) is 8.42 Å². The van der Waals surface area contributed by atoms with Crippen molar-refractivity contribution in [2.24, 2.45) is 0 Å². The summed E-state index contributed by atoms with van der Waals surface area (Å²) in [6.45, 7) is 0. The molecular formula is C13H15ClN2O2S. The average Bonchev–Trinajstić information content (AvgIpc) is 2.65. The van der Waals surface area contributed by atoms with Crippen molar-refractivity contribution >= 4 is 32.5 Å².